The molecular weight excluding hydrogens is 182 g/mol. The molecule has 0 unspecified atom stereocenters. The molecule has 1 amide bonds. The summed E-state index contributed by atoms with van der Waals surface area (Å²) >= 11 is 0. The molecule has 1 saturated carbocycles. The van der Waals surface area contributed by atoms with Gasteiger partial charge >= 0.3 is 5.97 Å². The molecule has 0 aromatic rings. The highest BCUT2D eigenvalue weighted by molar-refractivity contribution is 5.93. The largest absolute Gasteiger partial charge is 0.481 e. The number of nitrogens with one attached hydrogen (secondary N) is 1. The maximum absolute atomic E-state index is 10.8. The van der Waals surface area contributed by atoms with Gasteiger partial charge in [0.15, 0.2) is 0 Å². The topological polar surface area (TPSA) is 66.4 Å². The third-order valence-electron chi connectivity index (χ3n) is 2.54. The van der Waals surface area contributed by atoms with E-state index in [1.165, 1.54) is 0 Å². The quantitative estimate of drug-likeness (QED) is 0.626. The fourth-order valence-electron chi connectivity index (χ4n) is 1.71. The Bertz CT molecular complexity index is 272. The van der Waals surface area contributed by atoms with Crippen LogP contribution in [0.25, 0.3) is 0 Å². The summed E-state index contributed by atoms with van der Waals surface area (Å²) in [6.07, 6.45) is 7.54. The molecule has 0 saturated heterocycles. The van der Waals surface area contributed by atoms with E-state index < -0.39 is 11.9 Å². The van der Waals surface area contributed by atoms with Crippen LogP contribution in [0.5, 0.6) is 0 Å². The number of amides is 1. The first-order valence-corrected chi connectivity index (χ1v) is 4.63. The Morgan fingerprint density at radius 1 is 1.29 bits per heavy atom. The van der Waals surface area contributed by atoms with Crippen LogP contribution < -0.4 is 5.32 Å². The van der Waals surface area contributed by atoms with E-state index in [0.717, 1.165) is 0 Å². The van der Waals surface area contributed by atoms with Crippen LogP contribution in [0.4, 0.5) is 0 Å². The molecule has 1 aliphatic carbocycles. The third kappa shape index (κ3) is 2.77. The number of carbonyl (C=O) groups excluding carboxylic acids is 1. The minimum absolute atomic E-state index is 0.0501. The van der Waals surface area contributed by atoms with E-state index in [-0.39, 0.29) is 12.0 Å². The van der Waals surface area contributed by atoms with Crippen molar-refractivity contribution in [1.29, 1.82) is 0 Å². The minimum Gasteiger partial charge on any atom is -0.481 e. The van der Waals surface area contributed by atoms with Gasteiger partial charge in [0, 0.05) is 6.04 Å². The molecule has 0 aromatic heterocycles. The molecule has 0 spiro atoms. The van der Waals surface area contributed by atoms with Crippen LogP contribution in [-0.4, -0.2) is 23.0 Å². The van der Waals surface area contributed by atoms with Crippen molar-refractivity contribution in [2.75, 3.05) is 0 Å². The SMILES string of the molecule is C#CC(=O)NC1CCC(C(=O)O)CC1. The van der Waals surface area contributed by atoms with Crippen molar-refractivity contribution < 1.29 is 14.7 Å². The zero-order valence-corrected chi connectivity index (χ0v) is 7.82. The molecule has 0 aliphatic heterocycles. The molecular formula is C10H13NO3. The standard InChI is InChI=1S/C10H13NO3/c1-2-9(12)11-8-5-3-7(4-6-8)10(13)14/h1,7-8H,3-6H2,(H,11,12)(H,13,14). The summed E-state index contributed by atoms with van der Waals surface area (Å²) in [5.41, 5.74) is 0. The van der Waals surface area contributed by atoms with Crippen LogP contribution in [0, 0.1) is 18.3 Å². The first kappa shape index (κ1) is 10.6. The van der Waals surface area contributed by atoms with Gasteiger partial charge in [0.05, 0.1) is 5.92 Å². The summed E-state index contributed by atoms with van der Waals surface area (Å²) in [5, 5.41) is 11.4. The summed E-state index contributed by atoms with van der Waals surface area (Å²) in [6.45, 7) is 0. The molecule has 0 aromatic carbocycles. The van der Waals surface area contributed by atoms with Gasteiger partial charge in [-0.15, -0.1) is 6.42 Å². The number of carboxylic acids is 1. The number of hydrogen-bond donors (Lipinski definition) is 2. The summed E-state index contributed by atoms with van der Waals surface area (Å²) in [4.78, 5) is 21.5. The van der Waals surface area contributed by atoms with Crippen LogP contribution in [0.3, 0.4) is 0 Å². The van der Waals surface area contributed by atoms with Crippen LogP contribution >= 0.6 is 0 Å². The summed E-state index contributed by atoms with van der Waals surface area (Å²) in [6, 6.07) is 0.0501. The van der Waals surface area contributed by atoms with Crippen LogP contribution in [0.15, 0.2) is 0 Å². The minimum atomic E-state index is -0.744. The van der Waals surface area contributed by atoms with Gasteiger partial charge < -0.3 is 10.4 Å². The van der Waals surface area contributed by atoms with Gasteiger partial charge in [-0.2, -0.15) is 0 Å². The molecule has 4 nitrogen and oxygen atoms in total. The summed E-state index contributed by atoms with van der Waals surface area (Å²) in [5.74, 6) is 0.567. The molecule has 76 valence electrons. The van der Waals surface area contributed by atoms with Gasteiger partial charge in [-0.25, -0.2) is 0 Å². The van der Waals surface area contributed by atoms with Crippen LogP contribution in [0.2, 0.25) is 0 Å². The van der Waals surface area contributed by atoms with Crippen LogP contribution in [-0.2, 0) is 9.59 Å². The van der Waals surface area contributed by atoms with Gasteiger partial charge in [0.25, 0.3) is 5.91 Å². The van der Waals surface area contributed by atoms with Gasteiger partial charge in [0.1, 0.15) is 0 Å². The molecule has 2 N–H and O–H groups in total. The molecule has 0 heterocycles. The van der Waals surface area contributed by atoms with E-state index in [4.69, 9.17) is 11.5 Å². The Balaban J connectivity index is 2.33. The molecule has 0 radical (unpaired) electrons. The van der Waals surface area contributed by atoms with Gasteiger partial charge in [0.2, 0.25) is 0 Å². The molecule has 0 bridgehead atoms. The second-order valence-corrected chi connectivity index (χ2v) is 3.50. The normalized spacial score (nSPS) is 26.2. The first-order valence-electron chi connectivity index (χ1n) is 4.63. The third-order valence-corrected chi connectivity index (χ3v) is 2.54. The average Bonchev–Trinajstić information content (AvgIpc) is 2.18. The second-order valence-electron chi connectivity index (χ2n) is 3.50. The lowest BCUT2D eigenvalue weighted by molar-refractivity contribution is -0.142. The van der Waals surface area contributed by atoms with Crippen molar-refractivity contribution in [3.8, 4) is 12.3 Å². The summed E-state index contributed by atoms with van der Waals surface area (Å²) in [7, 11) is 0. The van der Waals surface area contributed by atoms with Crippen molar-refractivity contribution >= 4 is 11.9 Å². The van der Waals surface area contributed by atoms with Gasteiger partial charge in [-0.3, -0.25) is 9.59 Å². The van der Waals surface area contributed by atoms with E-state index >= 15 is 0 Å². The number of carboxylic acid groups (broad SMARTS) is 1. The lowest BCUT2D eigenvalue weighted by atomic mass is 9.86. The number of hydrogen-bond acceptors (Lipinski definition) is 2. The van der Waals surface area contributed by atoms with Crippen molar-refractivity contribution in [3.63, 3.8) is 0 Å². The van der Waals surface area contributed by atoms with Gasteiger partial charge in [-0.1, -0.05) is 0 Å². The molecule has 14 heavy (non-hydrogen) atoms. The van der Waals surface area contributed by atoms with E-state index in [0.29, 0.717) is 25.7 Å². The molecule has 1 rings (SSSR count). The fraction of sp³-hybridized carbons (Fsp3) is 0.600. The highest BCUT2D eigenvalue weighted by Gasteiger charge is 2.26. The lowest BCUT2D eigenvalue weighted by Crippen LogP contribution is -2.38. The van der Waals surface area contributed by atoms with E-state index in [2.05, 4.69) is 5.32 Å². The Hall–Kier alpha value is -1.50. The van der Waals surface area contributed by atoms with E-state index in [9.17, 15) is 9.59 Å². The zero-order valence-electron chi connectivity index (χ0n) is 7.82. The molecule has 1 fully saturated rings. The van der Waals surface area contributed by atoms with Crippen molar-refractivity contribution in [1.82, 2.24) is 5.32 Å². The predicted octanol–water partition coefficient (Wildman–Crippen LogP) is 0.379. The van der Waals surface area contributed by atoms with E-state index in [1.807, 2.05) is 5.92 Å². The smallest absolute Gasteiger partial charge is 0.306 e. The Morgan fingerprint density at radius 3 is 2.29 bits per heavy atom. The van der Waals surface area contributed by atoms with Gasteiger partial charge in [-0.05, 0) is 31.6 Å². The van der Waals surface area contributed by atoms with Crippen molar-refractivity contribution in [3.05, 3.63) is 0 Å². The fourth-order valence-corrected chi connectivity index (χ4v) is 1.71. The molecule has 1 aliphatic rings. The highest BCUT2D eigenvalue weighted by Crippen LogP contribution is 2.24. The predicted molar refractivity (Wildman–Crippen MR) is 50.4 cm³/mol. The Morgan fingerprint density at radius 2 is 1.86 bits per heavy atom. The lowest BCUT2D eigenvalue weighted by Gasteiger charge is -2.25. The maximum atomic E-state index is 10.8. The summed E-state index contributed by atoms with van der Waals surface area (Å²) < 4.78 is 0. The molecule has 0 atom stereocenters. The second kappa shape index (κ2) is 4.66. The van der Waals surface area contributed by atoms with E-state index in [1.54, 1.807) is 0 Å². The average molecular weight is 195 g/mol. The molecule has 4 heteroatoms. The Kier molecular flexibility index (Phi) is 3.52. The monoisotopic (exact) mass is 195 g/mol. The number of rotatable bonds is 2. The van der Waals surface area contributed by atoms with Crippen molar-refractivity contribution in [2.24, 2.45) is 5.92 Å². The number of aliphatic carboxylic acids is 1. The number of terminal acetylenes is 1. The van der Waals surface area contributed by atoms with Crippen molar-refractivity contribution in [2.45, 2.75) is 31.7 Å². The Labute approximate surface area is 82.7 Å². The van der Waals surface area contributed by atoms with Crippen LogP contribution in [0.1, 0.15) is 25.7 Å². The zero-order chi connectivity index (χ0) is 10.6. The first-order chi connectivity index (χ1) is 6.63. The maximum Gasteiger partial charge on any atom is 0.306 e. The highest BCUT2D eigenvalue weighted by atomic mass is 16.4. The number of carbonyl (C=O) groups is 2.